The predicted molar refractivity (Wildman–Crippen MR) is 73.3 cm³/mol. The molecule has 2 aliphatic rings. The van der Waals surface area contributed by atoms with Gasteiger partial charge >= 0.3 is 0 Å². The summed E-state index contributed by atoms with van der Waals surface area (Å²) in [6.07, 6.45) is 6.53. The van der Waals surface area contributed by atoms with E-state index < -0.39 is 0 Å². The molecule has 0 spiro atoms. The third-order valence-electron chi connectivity index (χ3n) is 4.23. The van der Waals surface area contributed by atoms with Crippen molar-refractivity contribution in [1.82, 2.24) is 10.1 Å². The summed E-state index contributed by atoms with van der Waals surface area (Å²) in [5.74, 6) is 1.59. The van der Waals surface area contributed by atoms with Crippen molar-refractivity contribution in [2.75, 3.05) is 6.61 Å². The number of ether oxygens (including phenoxy) is 1. The highest BCUT2D eigenvalue weighted by atomic mass is 35.5. The zero-order valence-electron chi connectivity index (χ0n) is 11.3. The van der Waals surface area contributed by atoms with E-state index in [2.05, 4.69) is 17.1 Å². The summed E-state index contributed by atoms with van der Waals surface area (Å²) in [5, 5.41) is 4.07. The molecule has 1 aliphatic heterocycles. The fourth-order valence-electron chi connectivity index (χ4n) is 3.06. The van der Waals surface area contributed by atoms with Crippen molar-refractivity contribution >= 4 is 12.4 Å². The second-order valence-electron chi connectivity index (χ2n) is 5.80. The number of nitrogens with two attached hydrogens (primary N) is 1. The quantitative estimate of drug-likeness (QED) is 0.905. The van der Waals surface area contributed by atoms with Crippen molar-refractivity contribution in [2.24, 2.45) is 5.73 Å². The van der Waals surface area contributed by atoms with E-state index >= 15 is 0 Å². The minimum Gasteiger partial charge on any atom is -0.370 e. The molecule has 6 heteroatoms. The zero-order valence-corrected chi connectivity index (χ0v) is 12.1. The summed E-state index contributed by atoms with van der Waals surface area (Å²) in [4.78, 5) is 4.53. The highest BCUT2D eigenvalue weighted by molar-refractivity contribution is 5.85. The van der Waals surface area contributed by atoms with Gasteiger partial charge in [0.1, 0.15) is 6.10 Å². The molecule has 3 unspecified atom stereocenters. The molecule has 1 aliphatic carbocycles. The van der Waals surface area contributed by atoms with Gasteiger partial charge < -0.3 is 15.0 Å². The lowest BCUT2D eigenvalue weighted by molar-refractivity contribution is 0.103. The average Bonchev–Trinajstić information content (AvgIpc) is 2.99. The first-order valence-corrected chi connectivity index (χ1v) is 6.91. The Morgan fingerprint density at radius 1 is 1.26 bits per heavy atom. The lowest BCUT2D eigenvalue weighted by Gasteiger charge is -2.35. The molecular formula is C13H22ClN3O2. The van der Waals surface area contributed by atoms with Crippen LogP contribution in [0.25, 0.3) is 0 Å². The molecule has 2 fully saturated rings. The Kier molecular flexibility index (Phi) is 4.48. The Hall–Kier alpha value is -0.650. The first kappa shape index (κ1) is 14.8. The standard InChI is InChI=1S/C13H21N3O2.ClH/c1-13(14)7-3-2-5-9(13)12-15-11(16-18-12)10-6-4-8-17-10;/h9-10H,2-8,14H2,1H3;1H. The van der Waals surface area contributed by atoms with Crippen LogP contribution in [0.1, 0.15) is 69.2 Å². The van der Waals surface area contributed by atoms with Crippen LogP contribution < -0.4 is 5.73 Å². The van der Waals surface area contributed by atoms with Gasteiger partial charge in [-0.1, -0.05) is 18.0 Å². The number of halogens is 1. The summed E-state index contributed by atoms with van der Waals surface area (Å²) in [6.45, 7) is 2.89. The van der Waals surface area contributed by atoms with Gasteiger partial charge in [-0.05, 0) is 32.6 Å². The van der Waals surface area contributed by atoms with E-state index in [-0.39, 0.29) is 30.0 Å². The van der Waals surface area contributed by atoms with Crippen molar-refractivity contribution in [1.29, 1.82) is 0 Å². The molecular weight excluding hydrogens is 266 g/mol. The van der Waals surface area contributed by atoms with Crippen LogP contribution in [0.5, 0.6) is 0 Å². The van der Waals surface area contributed by atoms with Gasteiger partial charge in [0.2, 0.25) is 11.7 Å². The molecule has 19 heavy (non-hydrogen) atoms. The molecule has 0 radical (unpaired) electrons. The molecule has 1 aromatic rings. The van der Waals surface area contributed by atoms with E-state index in [1.54, 1.807) is 0 Å². The molecule has 3 atom stereocenters. The Balaban J connectivity index is 0.00000133. The molecule has 2 N–H and O–H groups in total. The van der Waals surface area contributed by atoms with Gasteiger partial charge in [0.15, 0.2) is 0 Å². The number of hydrogen-bond acceptors (Lipinski definition) is 5. The monoisotopic (exact) mass is 287 g/mol. The molecule has 108 valence electrons. The van der Waals surface area contributed by atoms with Crippen LogP contribution in [-0.2, 0) is 4.74 Å². The van der Waals surface area contributed by atoms with Crippen molar-refractivity contribution in [3.63, 3.8) is 0 Å². The number of hydrogen-bond donors (Lipinski definition) is 1. The van der Waals surface area contributed by atoms with Crippen LogP contribution >= 0.6 is 12.4 Å². The lowest BCUT2D eigenvalue weighted by Crippen LogP contribution is -2.44. The Morgan fingerprint density at radius 3 is 2.79 bits per heavy atom. The third kappa shape index (κ3) is 2.93. The zero-order chi connectivity index (χ0) is 12.6. The van der Waals surface area contributed by atoms with E-state index in [9.17, 15) is 0 Å². The topological polar surface area (TPSA) is 74.2 Å². The van der Waals surface area contributed by atoms with Gasteiger partial charge in [-0.15, -0.1) is 12.4 Å². The van der Waals surface area contributed by atoms with Crippen molar-refractivity contribution in [2.45, 2.75) is 63.0 Å². The van der Waals surface area contributed by atoms with Crippen LogP contribution in [0.15, 0.2) is 4.52 Å². The summed E-state index contributed by atoms with van der Waals surface area (Å²) >= 11 is 0. The van der Waals surface area contributed by atoms with Crippen LogP contribution in [0.4, 0.5) is 0 Å². The molecule has 0 bridgehead atoms. The third-order valence-corrected chi connectivity index (χ3v) is 4.23. The van der Waals surface area contributed by atoms with E-state index in [4.69, 9.17) is 15.0 Å². The fraction of sp³-hybridized carbons (Fsp3) is 0.846. The van der Waals surface area contributed by atoms with Gasteiger partial charge in [-0.3, -0.25) is 0 Å². The second-order valence-corrected chi connectivity index (χ2v) is 5.80. The fourth-order valence-corrected chi connectivity index (χ4v) is 3.06. The van der Waals surface area contributed by atoms with Crippen molar-refractivity contribution in [3.8, 4) is 0 Å². The summed E-state index contributed by atoms with van der Waals surface area (Å²) < 4.78 is 11.0. The maximum atomic E-state index is 6.36. The Bertz CT molecular complexity index is 416. The van der Waals surface area contributed by atoms with Crippen molar-refractivity contribution < 1.29 is 9.26 Å². The lowest BCUT2D eigenvalue weighted by atomic mass is 9.74. The number of nitrogens with zero attached hydrogens (tertiary/aromatic N) is 2. The highest BCUT2D eigenvalue weighted by Gasteiger charge is 2.38. The van der Waals surface area contributed by atoms with E-state index in [0.29, 0.717) is 11.7 Å². The van der Waals surface area contributed by atoms with Crippen LogP contribution in [0, 0.1) is 0 Å². The molecule has 1 saturated carbocycles. The first-order valence-electron chi connectivity index (χ1n) is 6.91. The number of aromatic nitrogens is 2. The average molecular weight is 288 g/mol. The molecule has 3 rings (SSSR count). The maximum Gasteiger partial charge on any atom is 0.231 e. The molecule has 0 amide bonds. The predicted octanol–water partition coefficient (Wildman–Crippen LogP) is 2.72. The van der Waals surface area contributed by atoms with Crippen LogP contribution in [0.3, 0.4) is 0 Å². The highest BCUT2D eigenvalue weighted by Crippen LogP contribution is 2.39. The summed E-state index contributed by atoms with van der Waals surface area (Å²) in [7, 11) is 0. The molecule has 2 heterocycles. The summed E-state index contributed by atoms with van der Waals surface area (Å²) in [5.41, 5.74) is 6.13. The van der Waals surface area contributed by atoms with Crippen LogP contribution in [-0.4, -0.2) is 22.3 Å². The van der Waals surface area contributed by atoms with E-state index in [0.717, 1.165) is 32.3 Å². The van der Waals surface area contributed by atoms with Crippen molar-refractivity contribution in [3.05, 3.63) is 11.7 Å². The Labute approximate surface area is 119 Å². The SMILES string of the molecule is CC1(N)CCCCC1c1nc(C2CCCO2)no1.Cl. The van der Waals surface area contributed by atoms with Crippen LogP contribution in [0.2, 0.25) is 0 Å². The van der Waals surface area contributed by atoms with E-state index in [1.807, 2.05) is 0 Å². The summed E-state index contributed by atoms with van der Waals surface area (Å²) in [6, 6.07) is 0. The van der Waals surface area contributed by atoms with Gasteiger partial charge in [0.25, 0.3) is 0 Å². The minimum absolute atomic E-state index is 0. The molecule has 1 saturated heterocycles. The second kappa shape index (κ2) is 5.77. The van der Waals surface area contributed by atoms with Gasteiger partial charge in [-0.25, -0.2) is 0 Å². The molecule has 1 aromatic heterocycles. The first-order chi connectivity index (χ1) is 8.67. The molecule has 5 nitrogen and oxygen atoms in total. The van der Waals surface area contributed by atoms with Gasteiger partial charge in [0, 0.05) is 12.1 Å². The maximum absolute atomic E-state index is 6.36. The normalized spacial score (nSPS) is 35.1. The molecule has 0 aromatic carbocycles. The largest absolute Gasteiger partial charge is 0.370 e. The van der Waals surface area contributed by atoms with E-state index in [1.165, 1.54) is 12.8 Å². The Morgan fingerprint density at radius 2 is 2.11 bits per heavy atom. The van der Waals surface area contributed by atoms with Gasteiger partial charge in [-0.2, -0.15) is 4.98 Å². The number of rotatable bonds is 2. The van der Waals surface area contributed by atoms with Gasteiger partial charge in [0.05, 0.1) is 5.92 Å². The smallest absolute Gasteiger partial charge is 0.231 e. The minimum atomic E-state index is -0.224.